The number of hydrogen-bond acceptors (Lipinski definition) is 3. The van der Waals surface area contributed by atoms with Crippen molar-refractivity contribution in [3.8, 4) is 0 Å². The maximum Gasteiger partial charge on any atom is 0.326 e. The van der Waals surface area contributed by atoms with E-state index in [-0.39, 0.29) is 17.2 Å². The molecule has 0 aromatic carbocycles. The molecule has 102 valence electrons. The van der Waals surface area contributed by atoms with E-state index in [1.54, 1.807) is 4.90 Å². The van der Waals surface area contributed by atoms with E-state index < -0.39 is 12.0 Å². The van der Waals surface area contributed by atoms with E-state index in [9.17, 15) is 14.7 Å². The zero-order chi connectivity index (χ0) is 13.3. The molecule has 2 fully saturated rings. The number of nitrogens with one attached hydrogen (secondary N) is 1. The van der Waals surface area contributed by atoms with E-state index in [2.05, 4.69) is 5.32 Å². The molecule has 0 radical (unpaired) electrons. The number of piperidine rings is 1. The fourth-order valence-electron chi connectivity index (χ4n) is 3.09. The number of nitrogens with zero attached hydrogens (tertiary/aromatic N) is 1. The average molecular weight is 254 g/mol. The summed E-state index contributed by atoms with van der Waals surface area (Å²) in [5.74, 6) is -0.789. The summed E-state index contributed by atoms with van der Waals surface area (Å²) in [5.41, 5.74) is -0.386. The highest BCUT2D eigenvalue weighted by molar-refractivity contribution is 5.88. The molecule has 2 unspecified atom stereocenters. The van der Waals surface area contributed by atoms with Gasteiger partial charge in [0, 0.05) is 12.0 Å². The summed E-state index contributed by atoms with van der Waals surface area (Å²) >= 11 is 0. The molecule has 5 nitrogen and oxygen atoms in total. The maximum absolute atomic E-state index is 12.6. The zero-order valence-electron chi connectivity index (χ0n) is 11.1. The molecule has 0 aromatic heterocycles. The minimum atomic E-state index is -0.870. The standard InChI is InChI=1S/C13H22N2O3/c1-9-3-8-15(10(9)11(16)17)12(18)13(2)4-6-14-7-5-13/h9-10,14H,3-8H2,1-2H3,(H,16,17). The number of amides is 1. The second-order valence-corrected chi connectivity index (χ2v) is 5.86. The number of carboxylic acids is 1. The van der Waals surface area contributed by atoms with Gasteiger partial charge in [0.15, 0.2) is 0 Å². The minimum Gasteiger partial charge on any atom is -0.480 e. The molecule has 2 aliphatic heterocycles. The van der Waals surface area contributed by atoms with E-state index in [1.807, 2.05) is 13.8 Å². The minimum absolute atomic E-state index is 0.0285. The highest BCUT2D eigenvalue weighted by Crippen LogP contribution is 2.35. The van der Waals surface area contributed by atoms with Gasteiger partial charge in [-0.2, -0.15) is 0 Å². The number of carboxylic acid groups (broad SMARTS) is 1. The zero-order valence-corrected chi connectivity index (χ0v) is 11.1. The van der Waals surface area contributed by atoms with Gasteiger partial charge in [-0.3, -0.25) is 4.79 Å². The normalized spacial score (nSPS) is 31.3. The van der Waals surface area contributed by atoms with Gasteiger partial charge in [0.1, 0.15) is 6.04 Å². The molecule has 2 saturated heterocycles. The summed E-state index contributed by atoms with van der Waals surface area (Å²) in [6.07, 6.45) is 2.38. The Kier molecular flexibility index (Phi) is 3.61. The van der Waals surface area contributed by atoms with Crippen molar-refractivity contribution in [3.05, 3.63) is 0 Å². The first-order valence-electron chi connectivity index (χ1n) is 6.70. The molecule has 0 aromatic rings. The van der Waals surface area contributed by atoms with Gasteiger partial charge in [0.05, 0.1) is 0 Å². The van der Waals surface area contributed by atoms with Crippen molar-refractivity contribution in [1.29, 1.82) is 0 Å². The van der Waals surface area contributed by atoms with E-state index in [4.69, 9.17) is 0 Å². The highest BCUT2D eigenvalue weighted by Gasteiger charge is 2.45. The van der Waals surface area contributed by atoms with Crippen LogP contribution in [-0.2, 0) is 9.59 Å². The molecule has 2 heterocycles. The monoisotopic (exact) mass is 254 g/mol. The lowest BCUT2D eigenvalue weighted by Crippen LogP contribution is -2.51. The van der Waals surface area contributed by atoms with Gasteiger partial charge in [-0.1, -0.05) is 13.8 Å². The van der Waals surface area contributed by atoms with E-state index in [1.165, 1.54) is 0 Å². The van der Waals surface area contributed by atoms with Crippen molar-refractivity contribution in [3.63, 3.8) is 0 Å². The summed E-state index contributed by atoms with van der Waals surface area (Å²) in [6.45, 7) is 6.14. The van der Waals surface area contributed by atoms with Crippen LogP contribution in [0.4, 0.5) is 0 Å². The smallest absolute Gasteiger partial charge is 0.326 e. The third-order valence-electron chi connectivity index (χ3n) is 4.44. The Morgan fingerprint density at radius 2 is 1.94 bits per heavy atom. The van der Waals surface area contributed by atoms with Crippen LogP contribution in [0, 0.1) is 11.3 Å². The van der Waals surface area contributed by atoms with E-state index in [0.29, 0.717) is 6.54 Å². The molecule has 0 spiro atoms. The molecule has 2 aliphatic rings. The summed E-state index contributed by atoms with van der Waals surface area (Å²) in [6, 6.07) is -0.635. The van der Waals surface area contributed by atoms with Gasteiger partial charge in [-0.05, 0) is 38.3 Å². The van der Waals surface area contributed by atoms with Crippen LogP contribution in [-0.4, -0.2) is 47.6 Å². The Morgan fingerprint density at radius 1 is 1.33 bits per heavy atom. The molecule has 0 saturated carbocycles. The first-order valence-corrected chi connectivity index (χ1v) is 6.70. The molecule has 18 heavy (non-hydrogen) atoms. The molecular formula is C13H22N2O3. The number of carbonyl (C=O) groups excluding carboxylic acids is 1. The Morgan fingerprint density at radius 3 is 2.50 bits per heavy atom. The van der Waals surface area contributed by atoms with Crippen LogP contribution in [0.5, 0.6) is 0 Å². The van der Waals surface area contributed by atoms with Gasteiger partial charge in [0.2, 0.25) is 5.91 Å². The van der Waals surface area contributed by atoms with Gasteiger partial charge in [-0.15, -0.1) is 0 Å². The molecule has 2 rings (SSSR count). The van der Waals surface area contributed by atoms with Crippen molar-refractivity contribution in [2.24, 2.45) is 11.3 Å². The fourth-order valence-corrected chi connectivity index (χ4v) is 3.09. The average Bonchev–Trinajstić information content (AvgIpc) is 2.71. The molecule has 2 atom stereocenters. The van der Waals surface area contributed by atoms with Gasteiger partial charge < -0.3 is 15.3 Å². The van der Waals surface area contributed by atoms with Crippen LogP contribution in [0.15, 0.2) is 0 Å². The lowest BCUT2D eigenvalue weighted by atomic mass is 9.79. The fraction of sp³-hybridized carbons (Fsp3) is 0.846. The molecule has 0 aliphatic carbocycles. The van der Waals surface area contributed by atoms with Crippen LogP contribution in [0.3, 0.4) is 0 Å². The summed E-state index contributed by atoms with van der Waals surface area (Å²) in [4.78, 5) is 25.5. The van der Waals surface area contributed by atoms with Gasteiger partial charge in [0.25, 0.3) is 0 Å². The van der Waals surface area contributed by atoms with Crippen LogP contribution in [0.25, 0.3) is 0 Å². The first-order chi connectivity index (χ1) is 8.46. The second kappa shape index (κ2) is 4.88. The predicted octanol–water partition coefficient (Wildman–Crippen LogP) is 0.698. The number of hydrogen-bond donors (Lipinski definition) is 2. The Balaban J connectivity index is 2.15. The SMILES string of the molecule is CC1CCN(C(=O)C2(C)CCNCC2)C1C(=O)O. The molecular weight excluding hydrogens is 232 g/mol. The van der Waals surface area contributed by atoms with Crippen LogP contribution < -0.4 is 5.32 Å². The van der Waals surface area contributed by atoms with Gasteiger partial charge in [-0.25, -0.2) is 4.79 Å². The van der Waals surface area contributed by atoms with E-state index >= 15 is 0 Å². The largest absolute Gasteiger partial charge is 0.480 e. The Labute approximate surface area is 108 Å². The Hall–Kier alpha value is -1.10. The molecule has 0 bridgehead atoms. The topological polar surface area (TPSA) is 69.6 Å². The van der Waals surface area contributed by atoms with E-state index in [0.717, 1.165) is 32.4 Å². The van der Waals surface area contributed by atoms with Crippen molar-refractivity contribution in [1.82, 2.24) is 10.2 Å². The third-order valence-corrected chi connectivity index (χ3v) is 4.44. The molecule has 5 heteroatoms. The van der Waals surface area contributed by atoms with Crippen molar-refractivity contribution >= 4 is 11.9 Å². The third kappa shape index (κ3) is 2.23. The maximum atomic E-state index is 12.6. The summed E-state index contributed by atoms with van der Waals surface area (Å²) in [5, 5.41) is 12.5. The van der Waals surface area contributed by atoms with Crippen LogP contribution in [0.2, 0.25) is 0 Å². The summed E-state index contributed by atoms with van der Waals surface area (Å²) in [7, 11) is 0. The number of aliphatic carboxylic acids is 1. The van der Waals surface area contributed by atoms with Crippen LogP contribution in [0.1, 0.15) is 33.1 Å². The second-order valence-electron chi connectivity index (χ2n) is 5.86. The predicted molar refractivity (Wildman–Crippen MR) is 67.1 cm³/mol. The number of likely N-dealkylation sites (tertiary alicyclic amines) is 1. The van der Waals surface area contributed by atoms with Crippen molar-refractivity contribution in [2.45, 2.75) is 39.2 Å². The molecule has 2 N–H and O–H groups in total. The number of carbonyl (C=O) groups is 2. The van der Waals surface area contributed by atoms with Crippen molar-refractivity contribution in [2.75, 3.05) is 19.6 Å². The van der Waals surface area contributed by atoms with Crippen LogP contribution >= 0.6 is 0 Å². The number of rotatable bonds is 2. The lowest BCUT2D eigenvalue weighted by Gasteiger charge is -2.37. The first kappa shape index (κ1) is 13.3. The summed E-state index contributed by atoms with van der Waals surface area (Å²) < 4.78 is 0. The van der Waals surface area contributed by atoms with Crippen molar-refractivity contribution < 1.29 is 14.7 Å². The molecule has 1 amide bonds. The lowest BCUT2D eigenvalue weighted by molar-refractivity contribution is -0.154. The quantitative estimate of drug-likeness (QED) is 0.761. The Bertz CT molecular complexity index is 350. The van der Waals surface area contributed by atoms with Gasteiger partial charge >= 0.3 is 5.97 Å². The highest BCUT2D eigenvalue weighted by atomic mass is 16.4.